The summed E-state index contributed by atoms with van der Waals surface area (Å²) >= 11 is 5.93. The lowest BCUT2D eigenvalue weighted by Crippen LogP contribution is -1.95. The fraction of sp³-hybridized carbons (Fsp3) is 0.222. The molecule has 0 aliphatic heterocycles. The number of para-hydroxylation sites is 1. The zero-order valence-electron chi connectivity index (χ0n) is 11.9. The van der Waals surface area contributed by atoms with E-state index in [-0.39, 0.29) is 0 Å². The highest BCUT2D eigenvalue weighted by Gasteiger charge is 2.10. The fourth-order valence-electron chi connectivity index (χ4n) is 2.84. The number of halogens is 1. The molecule has 1 aromatic heterocycles. The smallest absolute Gasteiger partial charge is 0.0482 e. The first-order valence-electron chi connectivity index (χ1n) is 6.94. The highest BCUT2D eigenvalue weighted by Crippen LogP contribution is 2.26. The van der Waals surface area contributed by atoms with E-state index in [2.05, 4.69) is 54.9 Å². The molecule has 0 unspecified atom stereocenters. The molecule has 20 heavy (non-hydrogen) atoms. The number of rotatable bonds is 3. The summed E-state index contributed by atoms with van der Waals surface area (Å²) in [5.74, 6) is 0. The van der Waals surface area contributed by atoms with Gasteiger partial charge in [0.15, 0.2) is 0 Å². The quantitative estimate of drug-likeness (QED) is 0.642. The van der Waals surface area contributed by atoms with E-state index >= 15 is 0 Å². The summed E-state index contributed by atoms with van der Waals surface area (Å²) in [6, 6.07) is 16.8. The van der Waals surface area contributed by atoms with Gasteiger partial charge in [0.25, 0.3) is 0 Å². The second-order valence-corrected chi connectivity index (χ2v) is 5.70. The molecular weight excluding hydrogens is 266 g/mol. The molecule has 0 aliphatic carbocycles. The lowest BCUT2D eigenvalue weighted by molar-refractivity contribution is 0.879. The fourth-order valence-corrected chi connectivity index (χ4v) is 2.96. The Hall–Kier alpha value is -1.73. The summed E-state index contributed by atoms with van der Waals surface area (Å²) in [7, 11) is 2.14. The molecule has 3 rings (SSSR count). The molecule has 0 radical (unpaired) electrons. The highest BCUT2D eigenvalue weighted by molar-refractivity contribution is 6.30. The Labute approximate surface area is 124 Å². The maximum atomic E-state index is 5.93. The van der Waals surface area contributed by atoms with Gasteiger partial charge in [0.2, 0.25) is 0 Å². The van der Waals surface area contributed by atoms with Crippen LogP contribution in [0.5, 0.6) is 0 Å². The van der Waals surface area contributed by atoms with E-state index in [9.17, 15) is 0 Å². The van der Waals surface area contributed by atoms with Crippen LogP contribution in [-0.4, -0.2) is 4.57 Å². The van der Waals surface area contributed by atoms with Crippen LogP contribution in [0.2, 0.25) is 5.02 Å². The molecule has 0 N–H and O–H groups in total. The maximum absolute atomic E-state index is 5.93. The van der Waals surface area contributed by atoms with Gasteiger partial charge in [-0.15, -0.1) is 0 Å². The molecule has 1 heterocycles. The van der Waals surface area contributed by atoms with Gasteiger partial charge < -0.3 is 4.57 Å². The van der Waals surface area contributed by atoms with Gasteiger partial charge in [0.1, 0.15) is 0 Å². The molecule has 2 aromatic carbocycles. The van der Waals surface area contributed by atoms with Gasteiger partial charge in [0.05, 0.1) is 0 Å². The van der Waals surface area contributed by atoms with Crippen LogP contribution in [0.1, 0.15) is 16.8 Å². The standard InChI is InChI=1S/C18H18ClN/c1-13-16(12-9-14-7-10-15(19)11-8-14)17-5-3-4-6-18(17)20(13)2/h3-8,10-11H,9,12H2,1-2H3. The Morgan fingerprint density at radius 2 is 1.65 bits per heavy atom. The monoisotopic (exact) mass is 283 g/mol. The van der Waals surface area contributed by atoms with Crippen molar-refractivity contribution >= 4 is 22.5 Å². The second-order valence-electron chi connectivity index (χ2n) is 5.27. The van der Waals surface area contributed by atoms with Gasteiger partial charge in [-0.25, -0.2) is 0 Å². The molecule has 2 heteroatoms. The summed E-state index contributed by atoms with van der Waals surface area (Å²) in [6.45, 7) is 2.21. The maximum Gasteiger partial charge on any atom is 0.0482 e. The molecule has 1 nitrogen and oxygen atoms in total. The van der Waals surface area contributed by atoms with Crippen molar-refractivity contribution in [1.29, 1.82) is 0 Å². The Morgan fingerprint density at radius 3 is 2.40 bits per heavy atom. The number of hydrogen-bond donors (Lipinski definition) is 0. The van der Waals surface area contributed by atoms with E-state index in [0.717, 1.165) is 17.9 Å². The van der Waals surface area contributed by atoms with E-state index in [1.54, 1.807) is 0 Å². The molecule has 0 fully saturated rings. The van der Waals surface area contributed by atoms with Gasteiger partial charge in [-0.1, -0.05) is 41.9 Å². The Bertz CT molecular complexity index is 738. The van der Waals surface area contributed by atoms with Crippen molar-refractivity contribution in [3.8, 4) is 0 Å². The number of benzene rings is 2. The summed E-state index contributed by atoms with van der Waals surface area (Å²) in [5.41, 5.74) is 5.47. The van der Waals surface area contributed by atoms with Crippen LogP contribution in [0.3, 0.4) is 0 Å². The SMILES string of the molecule is Cc1c(CCc2ccc(Cl)cc2)c2ccccc2n1C. The first-order chi connectivity index (χ1) is 9.66. The van der Waals surface area contributed by atoms with Crippen LogP contribution in [0.25, 0.3) is 10.9 Å². The van der Waals surface area contributed by atoms with Gasteiger partial charge in [-0.05, 0) is 49.1 Å². The predicted molar refractivity (Wildman–Crippen MR) is 86.5 cm³/mol. The number of aromatic nitrogens is 1. The first kappa shape index (κ1) is 13.3. The molecule has 0 aliphatic rings. The van der Waals surface area contributed by atoms with Crippen molar-refractivity contribution in [2.24, 2.45) is 7.05 Å². The molecule has 0 amide bonds. The van der Waals surface area contributed by atoms with Gasteiger partial charge in [0, 0.05) is 28.7 Å². The molecule has 0 saturated heterocycles. The minimum atomic E-state index is 0.801. The molecule has 0 atom stereocenters. The first-order valence-corrected chi connectivity index (χ1v) is 7.32. The van der Waals surface area contributed by atoms with Gasteiger partial charge in [-0.3, -0.25) is 0 Å². The Morgan fingerprint density at radius 1 is 0.950 bits per heavy atom. The normalized spacial score (nSPS) is 11.2. The minimum Gasteiger partial charge on any atom is -0.348 e. The molecule has 102 valence electrons. The highest BCUT2D eigenvalue weighted by atomic mass is 35.5. The van der Waals surface area contributed by atoms with Crippen molar-refractivity contribution in [3.05, 3.63) is 70.4 Å². The zero-order chi connectivity index (χ0) is 14.1. The van der Waals surface area contributed by atoms with E-state index in [1.165, 1.54) is 27.7 Å². The number of fused-ring (bicyclic) bond motifs is 1. The Kier molecular flexibility index (Phi) is 3.54. The lowest BCUT2D eigenvalue weighted by Gasteiger charge is -2.04. The molecule has 0 saturated carbocycles. The topological polar surface area (TPSA) is 4.93 Å². The van der Waals surface area contributed by atoms with Crippen molar-refractivity contribution in [2.45, 2.75) is 19.8 Å². The molecular formula is C18H18ClN. The number of aryl methyl sites for hydroxylation is 3. The molecule has 3 aromatic rings. The summed E-state index contributed by atoms with van der Waals surface area (Å²) < 4.78 is 2.28. The van der Waals surface area contributed by atoms with Crippen LogP contribution in [0.4, 0.5) is 0 Å². The van der Waals surface area contributed by atoms with E-state index in [4.69, 9.17) is 11.6 Å². The van der Waals surface area contributed by atoms with Crippen LogP contribution < -0.4 is 0 Å². The number of hydrogen-bond acceptors (Lipinski definition) is 0. The molecule has 0 spiro atoms. The lowest BCUT2D eigenvalue weighted by atomic mass is 10.0. The third-order valence-corrected chi connectivity index (χ3v) is 4.36. The third kappa shape index (κ3) is 2.34. The van der Waals surface area contributed by atoms with Crippen molar-refractivity contribution in [1.82, 2.24) is 4.57 Å². The van der Waals surface area contributed by atoms with E-state index in [1.807, 2.05) is 12.1 Å². The van der Waals surface area contributed by atoms with Crippen LogP contribution >= 0.6 is 11.6 Å². The van der Waals surface area contributed by atoms with Crippen molar-refractivity contribution in [2.75, 3.05) is 0 Å². The summed E-state index contributed by atoms with van der Waals surface area (Å²) in [6.07, 6.45) is 2.11. The Balaban J connectivity index is 1.91. The van der Waals surface area contributed by atoms with E-state index < -0.39 is 0 Å². The largest absolute Gasteiger partial charge is 0.348 e. The average Bonchev–Trinajstić information content (AvgIpc) is 2.71. The summed E-state index contributed by atoms with van der Waals surface area (Å²) in [5, 5.41) is 2.18. The zero-order valence-corrected chi connectivity index (χ0v) is 12.6. The van der Waals surface area contributed by atoms with E-state index in [0.29, 0.717) is 0 Å². The van der Waals surface area contributed by atoms with Crippen LogP contribution in [0.15, 0.2) is 48.5 Å². The van der Waals surface area contributed by atoms with Gasteiger partial charge in [-0.2, -0.15) is 0 Å². The van der Waals surface area contributed by atoms with Gasteiger partial charge >= 0.3 is 0 Å². The average molecular weight is 284 g/mol. The van der Waals surface area contributed by atoms with Crippen molar-refractivity contribution < 1.29 is 0 Å². The van der Waals surface area contributed by atoms with Crippen molar-refractivity contribution in [3.63, 3.8) is 0 Å². The molecule has 0 bridgehead atoms. The minimum absolute atomic E-state index is 0.801. The third-order valence-electron chi connectivity index (χ3n) is 4.11. The second kappa shape index (κ2) is 5.34. The predicted octanol–water partition coefficient (Wildman–Crippen LogP) is 4.93. The van der Waals surface area contributed by atoms with Crippen LogP contribution in [-0.2, 0) is 19.9 Å². The summed E-state index contributed by atoms with van der Waals surface area (Å²) in [4.78, 5) is 0. The van der Waals surface area contributed by atoms with Crippen LogP contribution in [0, 0.1) is 6.92 Å². The number of nitrogens with zero attached hydrogens (tertiary/aromatic N) is 1.